The summed E-state index contributed by atoms with van der Waals surface area (Å²) in [5.74, 6) is 0. The number of ether oxygens (including phenoxy) is 1. The van der Waals surface area contributed by atoms with Crippen LogP contribution in [-0.4, -0.2) is 65.0 Å². The van der Waals surface area contributed by atoms with Crippen LogP contribution in [0.5, 0.6) is 0 Å². The van der Waals surface area contributed by atoms with Crippen LogP contribution in [0, 0.1) is 13.8 Å². The lowest BCUT2D eigenvalue weighted by atomic mass is 10.1. The molecule has 2 saturated heterocycles. The maximum Gasteiger partial charge on any atom is 0.0828 e. The molecule has 2 fully saturated rings. The van der Waals surface area contributed by atoms with Gasteiger partial charge < -0.3 is 4.74 Å². The third kappa shape index (κ3) is 4.17. The predicted octanol–water partition coefficient (Wildman–Crippen LogP) is 2.65. The molecule has 5 nitrogen and oxygen atoms in total. The molecule has 0 N–H and O–H groups in total. The Morgan fingerprint density at radius 2 is 1.88 bits per heavy atom. The molecule has 0 spiro atoms. The molecule has 0 aliphatic carbocycles. The summed E-state index contributed by atoms with van der Waals surface area (Å²) in [6.45, 7) is 11.5. The van der Waals surface area contributed by atoms with Gasteiger partial charge >= 0.3 is 0 Å². The molecule has 0 amide bonds. The number of benzene rings is 1. The standard InChI is InChI=1S/C21H30N4O/c1-17-11-18(2)25(22-17)20-13-24(14-20)16-21-15-23(9-6-10-26-21)12-19-7-4-3-5-8-19/h3-5,7-8,11,20-21H,6,9-10,12-16H2,1-2H3/t21-/m0/s1. The van der Waals surface area contributed by atoms with Crippen LogP contribution >= 0.6 is 0 Å². The molecule has 1 atom stereocenters. The van der Waals surface area contributed by atoms with E-state index in [9.17, 15) is 0 Å². The average molecular weight is 354 g/mol. The van der Waals surface area contributed by atoms with Crippen LogP contribution in [0.1, 0.15) is 29.4 Å². The fourth-order valence-corrected chi connectivity index (χ4v) is 4.22. The molecule has 0 unspecified atom stereocenters. The zero-order valence-corrected chi connectivity index (χ0v) is 16.0. The van der Waals surface area contributed by atoms with Crippen LogP contribution in [0.15, 0.2) is 36.4 Å². The summed E-state index contributed by atoms with van der Waals surface area (Å²) in [5, 5.41) is 4.64. The Hall–Kier alpha value is -1.69. The molecule has 26 heavy (non-hydrogen) atoms. The lowest BCUT2D eigenvalue weighted by molar-refractivity contribution is -0.00616. The Morgan fingerprint density at radius 1 is 1.08 bits per heavy atom. The van der Waals surface area contributed by atoms with Crippen LogP contribution in [0.25, 0.3) is 0 Å². The van der Waals surface area contributed by atoms with E-state index in [-0.39, 0.29) is 0 Å². The number of aromatic nitrogens is 2. The molecule has 140 valence electrons. The maximum atomic E-state index is 6.14. The first-order chi connectivity index (χ1) is 12.7. The van der Waals surface area contributed by atoms with Crippen molar-refractivity contribution in [2.24, 2.45) is 0 Å². The third-order valence-electron chi connectivity index (χ3n) is 5.47. The molecule has 1 aromatic carbocycles. The topological polar surface area (TPSA) is 33.5 Å². The smallest absolute Gasteiger partial charge is 0.0828 e. The molecular formula is C21H30N4O. The highest BCUT2D eigenvalue weighted by Gasteiger charge is 2.32. The molecule has 2 aliphatic heterocycles. The lowest BCUT2D eigenvalue weighted by Gasteiger charge is -2.41. The quantitative estimate of drug-likeness (QED) is 0.827. The van der Waals surface area contributed by atoms with E-state index in [1.165, 1.54) is 11.3 Å². The molecule has 0 bridgehead atoms. The van der Waals surface area contributed by atoms with E-state index in [0.717, 1.165) is 58.0 Å². The molecule has 0 radical (unpaired) electrons. The molecule has 0 saturated carbocycles. The van der Waals surface area contributed by atoms with Crippen molar-refractivity contribution in [3.05, 3.63) is 53.3 Å². The summed E-state index contributed by atoms with van der Waals surface area (Å²) in [7, 11) is 0. The van der Waals surface area contributed by atoms with Crippen molar-refractivity contribution in [2.75, 3.05) is 39.3 Å². The van der Waals surface area contributed by atoms with Gasteiger partial charge in [0.25, 0.3) is 0 Å². The molecule has 5 heteroatoms. The Labute approximate surface area is 156 Å². The van der Waals surface area contributed by atoms with Gasteiger partial charge in [-0.1, -0.05) is 30.3 Å². The zero-order chi connectivity index (χ0) is 17.9. The van der Waals surface area contributed by atoms with Crippen molar-refractivity contribution in [1.82, 2.24) is 19.6 Å². The van der Waals surface area contributed by atoms with Gasteiger partial charge in [-0.05, 0) is 31.9 Å². The summed E-state index contributed by atoms with van der Waals surface area (Å²) in [5.41, 5.74) is 3.78. The molecule has 2 aromatic rings. The van der Waals surface area contributed by atoms with Crippen molar-refractivity contribution in [3.63, 3.8) is 0 Å². The highest BCUT2D eigenvalue weighted by molar-refractivity contribution is 5.14. The van der Waals surface area contributed by atoms with Crippen LogP contribution < -0.4 is 0 Å². The SMILES string of the molecule is Cc1cc(C)n(C2CN(C[C@@H]3CN(Cc4ccccc4)CCCO3)C2)n1. The van der Waals surface area contributed by atoms with Crippen LogP contribution in [-0.2, 0) is 11.3 Å². The van der Waals surface area contributed by atoms with Crippen LogP contribution in [0.2, 0.25) is 0 Å². The fourth-order valence-electron chi connectivity index (χ4n) is 4.22. The second-order valence-electron chi connectivity index (χ2n) is 7.81. The molecule has 2 aliphatic rings. The van der Waals surface area contributed by atoms with Gasteiger partial charge in [-0.25, -0.2) is 0 Å². The van der Waals surface area contributed by atoms with Gasteiger partial charge in [0.05, 0.1) is 17.8 Å². The first-order valence-corrected chi connectivity index (χ1v) is 9.80. The molecular weight excluding hydrogens is 324 g/mol. The molecule has 4 rings (SSSR count). The average Bonchev–Trinajstić information content (AvgIpc) is 2.79. The molecule has 1 aromatic heterocycles. The van der Waals surface area contributed by atoms with Gasteiger partial charge in [0.15, 0.2) is 0 Å². The van der Waals surface area contributed by atoms with Crippen molar-refractivity contribution in [3.8, 4) is 0 Å². The minimum absolute atomic E-state index is 0.308. The summed E-state index contributed by atoms with van der Waals surface area (Å²) in [4.78, 5) is 5.06. The van der Waals surface area contributed by atoms with Gasteiger partial charge in [0, 0.05) is 51.6 Å². The summed E-state index contributed by atoms with van der Waals surface area (Å²) >= 11 is 0. The summed E-state index contributed by atoms with van der Waals surface area (Å²) < 4.78 is 8.34. The fraction of sp³-hybridized carbons (Fsp3) is 0.571. The van der Waals surface area contributed by atoms with Gasteiger partial charge in [-0.3, -0.25) is 14.5 Å². The number of likely N-dealkylation sites (tertiary alicyclic amines) is 1. The van der Waals surface area contributed by atoms with Gasteiger partial charge in [0.1, 0.15) is 0 Å². The second kappa shape index (κ2) is 7.91. The van der Waals surface area contributed by atoms with Crippen molar-refractivity contribution in [1.29, 1.82) is 0 Å². The first-order valence-electron chi connectivity index (χ1n) is 9.80. The van der Waals surface area contributed by atoms with Crippen molar-refractivity contribution >= 4 is 0 Å². The maximum absolute atomic E-state index is 6.14. The Bertz CT molecular complexity index is 708. The Kier molecular flexibility index (Phi) is 5.38. The third-order valence-corrected chi connectivity index (χ3v) is 5.47. The van der Waals surface area contributed by atoms with E-state index < -0.39 is 0 Å². The predicted molar refractivity (Wildman–Crippen MR) is 103 cm³/mol. The van der Waals surface area contributed by atoms with Gasteiger partial charge in [0.2, 0.25) is 0 Å². The second-order valence-corrected chi connectivity index (χ2v) is 7.81. The van der Waals surface area contributed by atoms with E-state index >= 15 is 0 Å². The number of rotatable bonds is 5. The van der Waals surface area contributed by atoms with E-state index in [0.29, 0.717) is 12.1 Å². The minimum atomic E-state index is 0.308. The van der Waals surface area contributed by atoms with E-state index in [4.69, 9.17) is 4.74 Å². The van der Waals surface area contributed by atoms with Crippen molar-refractivity contribution in [2.45, 2.75) is 39.0 Å². The normalized spacial score (nSPS) is 22.9. The first kappa shape index (κ1) is 17.7. The Balaban J connectivity index is 1.28. The molecule has 3 heterocycles. The number of aryl methyl sites for hydroxylation is 2. The van der Waals surface area contributed by atoms with Crippen LogP contribution in [0.4, 0.5) is 0 Å². The highest BCUT2D eigenvalue weighted by Crippen LogP contribution is 2.24. The number of hydrogen-bond acceptors (Lipinski definition) is 4. The Morgan fingerprint density at radius 3 is 2.62 bits per heavy atom. The largest absolute Gasteiger partial charge is 0.376 e. The monoisotopic (exact) mass is 354 g/mol. The lowest BCUT2D eigenvalue weighted by Crippen LogP contribution is -2.52. The van der Waals surface area contributed by atoms with Crippen LogP contribution in [0.3, 0.4) is 0 Å². The minimum Gasteiger partial charge on any atom is -0.376 e. The van der Waals surface area contributed by atoms with Gasteiger partial charge in [-0.2, -0.15) is 5.10 Å². The van der Waals surface area contributed by atoms with E-state index in [1.807, 2.05) is 0 Å². The van der Waals surface area contributed by atoms with E-state index in [2.05, 4.69) is 69.8 Å². The summed E-state index contributed by atoms with van der Waals surface area (Å²) in [6, 6.07) is 13.5. The van der Waals surface area contributed by atoms with Gasteiger partial charge in [-0.15, -0.1) is 0 Å². The van der Waals surface area contributed by atoms with Crippen molar-refractivity contribution < 1.29 is 4.74 Å². The highest BCUT2D eigenvalue weighted by atomic mass is 16.5. The summed E-state index contributed by atoms with van der Waals surface area (Å²) in [6.07, 6.45) is 1.43. The zero-order valence-electron chi connectivity index (χ0n) is 16.0. The number of hydrogen-bond donors (Lipinski definition) is 0. The van der Waals surface area contributed by atoms with E-state index in [1.54, 1.807) is 0 Å². The number of nitrogens with zero attached hydrogens (tertiary/aromatic N) is 4.